The van der Waals surface area contributed by atoms with Crippen LogP contribution in [0.1, 0.15) is 70.9 Å². The molecule has 1 saturated heterocycles. The van der Waals surface area contributed by atoms with Gasteiger partial charge in [0.25, 0.3) is 0 Å². The van der Waals surface area contributed by atoms with E-state index in [9.17, 15) is 5.11 Å². The van der Waals surface area contributed by atoms with Crippen LogP contribution in [0.15, 0.2) is 127 Å². The van der Waals surface area contributed by atoms with Crippen molar-refractivity contribution >= 4 is 11.6 Å². The minimum Gasteiger partial charge on any atom is -0.392 e. The Morgan fingerprint density at radius 2 is 1.26 bits per heavy atom. The normalized spacial score (nSPS) is 19.7. The Labute approximate surface area is 301 Å². The Bertz CT molecular complexity index is 1750. The topological polar surface area (TPSA) is 57.2 Å². The number of benzene rings is 5. The molecule has 1 heterocycles. The lowest BCUT2D eigenvalue weighted by Gasteiger charge is -2.44. The molecule has 1 N–H and O–H groups in total. The SMILES string of the molecule is CCc1ccc(Cc2cc(C3OC(C(C)OCc4ccccc4)CC(OCc4ccccc4)[C@H]3OCc3ccccc3)c(CO)cc2Cl)cc1. The molecule has 0 amide bonds. The molecular formula is C44H47ClO5. The number of hydrogen-bond donors (Lipinski definition) is 1. The average Bonchev–Trinajstić information content (AvgIpc) is 3.17. The Morgan fingerprint density at radius 1 is 0.700 bits per heavy atom. The first kappa shape index (κ1) is 36.0. The maximum Gasteiger partial charge on any atom is 0.114 e. The van der Waals surface area contributed by atoms with E-state index < -0.39 is 12.2 Å². The second kappa shape index (κ2) is 17.9. The minimum atomic E-state index is -0.554. The number of aliphatic hydroxyl groups is 1. The van der Waals surface area contributed by atoms with Crippen LogP contribution in [0.4, 0.5) is 0 Å². The molecule has 5 nitrogen and oxygen atoms in total. The third-order valence-electron chi connectivity index (χ3n) is 9.53. The average molecular weight is 691 g/mol. The molecule has 6 heteroatoms. The lowest BCUT2D eigenvalue weighted by atomic mass is 9.87. The summed E-state index contributed by atoms with van der Waals surface area (Å²) < 4.78 is 27.0. The molecule has 0 bridgehead atoms. The molecule has 1 fully saturated rings. The second-order valence-electron chi connectivity index (χ2n) is 13.1. The van der Waals surface area contributed by atoms with Crippen molar-refractivity contribution in [1.29, 1.82) is 0 Å². The van der Waals surface area contributed by atoms with E-state index in [4.69, 9.17) is 30.5 Å². The van der Waals surface area contributed by atoms with Crippen LogP contribution < -0.4 is 0 Å². The fourth-order valence-corrected chi connectivity index (χ4v) is 6.82. The number of aliphatic hydroxyl groups excluding tert-OH is 1. The smallest absolute Gasteiger partial charge is 0.114 e. The van der Waals surface area contributed by atoms with E-state index in [1.807, 2.05) is 60.7 Å². The quantitative estimate of drug-likeness (QED) is 0.119. The highest BCUT2D eigenvalue weighted by atomic mass is 35.5. The van der Waals surface area contributed by atoms with Gasteiger partial charge in [-0.05, 0) is 70.3 Å². The van der Waals surface area contributed by atoms with E-state index in [-0.39, 0.29) is 24.9 Å². The summed E-state index contributed by atoms with van der Waals surface area (Å²) in [7, 11) is 0. The third kappa shape index (κ3) is 9.49. The Kier molecular flexibility index (Phi) is 12.9. The summed E-state index contributed by atoms with van der Waals surface area (Å²) in [5, 5.41) is 11.3. The molecule has 1 aliphatic heterocycles. The van der Waals surface area contributed by atoms with Crippen LogP contribution in [0.2, 0.25) is 5.02 Å². The molecule has 0 aliphatic carbocycles. The van der Waals surface area contributed by atoms with Gasteiger partial charge in [-0.1, -0.05) is 140 Å². The molecule has 0 aromatic heterocycles. The predicted molar refractivity (Wildman–Crippen MR) is 199 cm³/mol. The second-order valence-corrected chi connectivity index (χ2v) is 13.5. The van der Waals surface area contributed by atoms with Crippen molar-refractivity contribution < 1.29 is 24.1 Å². The number of hydrogen-bond acceptors (Lipinski definition) is 5. The maximum absolute atomic E-state index is 10.7. The van der Waals surface area contributed by atoms with Crippen molar-refractivity contribution in [2.45, 2.75) is 90.1 Å². The zero-order valence-corrected chi connectivity index (χ0v) is 29.7. The summed E-state index contributed by atoms with van der Waals surface area (Å²) in [6.45, 7) is 5.32. The maximum atomic E-state index is 10.7. The van der Waals surface area contributed by atoms with Gasteiger partial charge in [-0.15, -0.1) is 0 Å². The van der Waals surface area contributed by atoms with Crippen LogP contribution in [0, 0.1) is 0 Å². The minimum absolute atomic E-state index is 0.188. The first-order valence-corrected chi connectivity index (χ1v) is 18.0. The lowest BCUT2D eigenvalue weighted by Crippen LogP contribution is -2.49. The highest BCUT2D eigenvalue weighted by molar-refractivity contribution is 6.31. The molecule has 0 saturated carbocycles. The van der Waals surface area contributed by atoms with Crippen LogP contribution in [0.25, 0.3) is 0 Å². The summed E-state index contributed by atoms with van der Waals surface area (Å²) in [5.41, 5.74) is 8.22. The van der Waals surface area contributed by atoms with Crippen LogP contribution in [-0.4, -0.2) is 29.5 Å². The zero-order valence-electron chi connectivity index (χ0n) is 28.9. The Morgan fingerprint density at radius 3 is 1.84 bits per heavy atom. The van der Waals surface area contributed by atoms with Gasteiger partial charge in [0, 0.05) is 11.4 Å². The van der Waals surface area contributed by atoms with Gasteiger partial charge in [0.15, 0.2) is 0 Å². The van der Waals surface area contributed by atoms with Gasteiger partial charge in [-0.2, -0.15) is 0 Å². The molecular weight excluding hydrogens is 644 g/mol. The molecule has 50 heavy (non-hydrogen) atoms. The van der Waals surface area contributed by atoms with Crippen LogP contribution in [-0.2, 0) is 58.2 Å². The lowest BCUT2D eigenvalue weighted by molar-refractivity contribution is -0.231. The predicted octanol–water partition coefficient (Wildman–Crippen LogP) is 9.59. The summed E-state index contributed by atoms with van der Waals surface area (Å²) in [4.78, 5) is 0. The van der Waals surface area contributed by atoms with Gasteiger partial charge in [0.2, 0.25) is 0 Å². The molecule has 5 aromatic rings. The zero-order chi connectivity index (χ0) is 34.7. The molecule has 4 unspecified atom stereocenters. The Hall–Kier alpha value is -3.81. The highest BCUT2D eigenvalue weighted by Crippen LogP contribution is 2.41. The molecule has 0 radical (unpaired) electrons. The molecule has 1 aliphatic rings. The summed E-state index contributed by atoms with van der Waals surface area (Å²) in [5.74, 6) is 0. The van der Waals surface area contributed by atoms with Gasteiger partial charge < -0.3 is 24.1 Å². The van der Waals surface area contributed by atoms with E-state index in [1.54, 1.807) is 0 Å². The third-order valence-corrected chi connectivity index (χ3v) is 9.89. The van der Waals surface area contributed by atoms with Gasteiger partial charge >= 0.3 is 0 Å². The van der Waals surface area contributed by atoms with E-state index in [0.717, 1.165) is 39.8 Å². The number of halogens is 1. The van der Waals surface area contributed by atoms with Crippen molar-refractivity contribution in [2.24, 2.45) is 0 Å². The fourth-order valence-electron chi connectivity index (χ4n) is 6.57. The molecule has 6 rings (SSSR count). The highest BCUT2D eigenvalue weighted by Gasteiger charge is 2.44. The standard InChI is InChI=1S/C44H47ClO5/c1-3-32-19-21-33(22-20-32)23-37-24-39(38(27-46)25-40(37)45)43-44(49-30-36-17-11-6-12-18-36)42(48-29-35-15-9-5-10-16-35)26-41(50-43)31(2)47-28-34-13-7-4-8-14-34/h4-22,24-25,31,41-44,46H,3,23,26-30H2,1-2H3/t31?,41?,42?,43?,44-/m1/s1. The number of ether oxygens (including phenoxy) is 4. The van der Waals surface area contributed by atoms with E-state index in [0.29, 0.717) is 43.2 Å². The molecule has 5 aromatic carbocycles. The van der Waals surface area contributed by atoms with Crippen molar-refractivity contribution in [3.63, 3.8) is 0 Å². The van der Waals surface area contributed by atoms with Gasteiger partial charge in [-0.25, -0.2) is 0 Å². The first-order chi connectivity index (χ1) is 24.5. The largest absolute Gasteiger partial charge is 0.392 e. The van der Waals surface area contributed by atoms with Crippen LogP contribution in [0.5, 0.6) is 0 Å². The summed E-state index contributed by atoms with van der Waals surface area (Å²) >= 11 is 6.90. The van der Waals surface area contributed by atoms with Crippen molar-refractivity contribution in [1.82, 2.24) is 0 Å². The van der Waals surface area contributed by atoms with Gasteiger partial charge in [-0.3, -0.25) is 0 Å². The number of rotatable bonds is 15. The van der Waals surface area contributed by atoms with Crippen LogP contribution >= 0.6 is 11.6 Å². The molecule has 260 valence electrons. The van der Waals surface area contributed by atoms with Crippen molar-refractivity contribution in [3.05, 3.63) is 177 Å². The van der Waals surface area contributed by atoms with Crippen molar-refractivity contribution in [3.8, 4) is 0 Å². The van der Waals surface area contributed by atoms with Gasteiger partial charge in [0.05, 0.1) is 44.7 Å². The van der Waals surface area contributed by atoms with Crippen LogP contribution in [0.3, 0.4) is 0 Å². The summed E-state index contributed by atoms with van der Waals surface area (Å²) in [6, 6.07) is 43.1. The van der Waals surface area contributed by atoms with E-state index in [1.165, 1.54) is 5.56 Å². The molecule has 0 spiro atoms. The Balaban J connectivity index is 1.35. The van der Waals surface area contributed by atoms with E-state index in [2.05, 4.69) is 80.6 Å². The van der Waals surface area contributed by atoms with E-state index >= 15 is 0 Å². The fraction of sp³-hybridized carbons (Fsp3) is 0.318. The summed E-state index contributed by atoms with van der Waals surface area (Å²) in [6.07, 6.45) is 0.334. The number of aryl methyl sites for hydroxylation is 1. The van der Waals surface area contributed by atoms with Gasteiger partial charge in [0.1, 0.15) is 12.2 Å². The molecule has 5 atom stereocenters. The monoisotopic (exact) mass is 690 g/mol. The first-order valence-electron chi connectivity index (χ1n) is 17.6. The van der Waals surface area contributed by atoms with Crippen molar-refractivity contribution in [2.75, 3.05) is 0 Å².